The summed E-state index contributed by atoms with van der Waals surface area (Å²) >= 11 is 0. The molecule has 7 heteroatoms. The molecule has 0 atom stereocenters. The molecule has 6 nitrogen and oxygen atoms in total. The molecule has 2 rings (SSSR count). The van der Waals surface area contributed by atoms with E-state index in [4.69, 9.17) is 4.74 Å². The van der Waals surface area contributed by atoms with Crippen LogP contribution in [0.4, 0.5) is 0 Å². The normalized spacial score (nSPS) is 16.0. The third-order valence-electron chi connectivity index (χ3n) is 4.33. The SMILES string of the molecule is CCCCS(=O)(=O)N1CCN(C(=O)Cc2ccc(OCC)cc2)CC1. The van der Waals surface area contributed by atoms with Crippen molar-refractivity contribution in [3.8, 4) is 5.75 Å². The fraction of sp³-hybridized carbons (Fsp3) is 0.611. The van der Waals surface area contributed by atoms with E-state index in [0.717, 1.165) is 17.7 Å². The minimum atomic E-state index is -3.18. The maximum absolute atomic E-state index is 12.4. The van der Waals surface area contributed by atoms with Crippen molar-refractivity contribution in [1.82, 2.24) is 9.21 Å². The molecule has 0 aliphatic carbocycles. The quantitative estimate of drug-likeness (QED) is 0.703. The van der Waals surface area contributed by atoms with Crippen molar-refractivity contribution in [1.29, 1.82) is 0 Å². The summed E-state index contributed by atoms with van der Waals surface area (Å²) in [5, 5.41) is 0. The van der Waals surface area contributed by atoms with E-state index in [1.165, 1.54) is 4.31 Å². The minimum absolute atomic E-state index is 0.0368. The van der Waals surface area contributed by atoms with Crippen LogP contribution in [0.2, 0.25) is 0 Å². The lowest BCUT2D eigenvalue weighted by atomic mass is 10.1. The lowest BCUT2D eigenvalue weighted by Crippen LogP contribution is -2.51. The average Bonchev–Trinajstić information content (AvgIpc) is 2.62. The molecular weight excluding hydrogens is 340 g/mol. The fourth-order valence-electron chi connectivity index (χ4n) is 2.83. The molecule has 1 amide bonds. The molecule has 0 radical (unpaired) electrons. The number of piperazine rings is 1. The van der Waals surface area contributed by atoms with E-state index in [1.54, 1.807) is 4.90 Å². The van der Waals surface area contributed by atoms with Crippen LogP contribution in [0.1, 0.15) is 32.3 Å². The second-order valence-electron chi connectivity index (χ2n) is 6.20. The zero-order chi connectivity index (χ0) is 18.3. The smallest absolute Gasteiger partial charge is 0.227 e. The third kappa shape index (κ3) is 5.71. The van der Waals surface area contributed by atoms with Crippen LogP contribution in [0.5, 0.6) is 5.75 Å². The first-order valence-electron chi connectivity index (χ1n) is 8.93. The maximum atomic E-state index is 12.4. The molecule has 1 aliphatic heterocycles. The van der Waals surface area contributed by atoms with Gasteiger partial charge in [-0.3, -0.25) is 4.79 Å². The molecule has 140 valence electrons. The van der Waals surface area contributed by atoms with E-state index in [9.17, 15) is 13.2 Å². The zero-order valence-electron chi connectivity index (χ0n) is 15.1. The van der Waals surface area contributed by atoms with Gasteiger partial charge in [0.15, 0.2) is 0 Å². The number of unbranched alkanes of at least 4 members (excludes halogenated alkanes) is 1. The molecule has 0 bridgehead atoms. The number of hydrogen-bond acceptors (Lipinski definition) is 4. The summed E-state index contributed by atoms with van der Waals surface area (Å²) in [7, 11) is -3.18. The number of carbonyl (C=O) groups excluding carboxylic acids is 1. The van der Waals surface area contributed by atoms with Crippen LogP contribution in [-0.2, 0) is 21.2 Å². The summed E-state index contributed by atoms with van der Waals surface area (Å²) in [4.78, 5) is 14.2. The number of nitrogens with zero attached hydrogens (tertiary/aromatic N) is 2. The largest absolute Gasteiger partial charge is 0.494 e. The highest BCUT2D eigenvalue weighted by Gasteiger charge is 2.28. The summed E-state index contributed by atoms with van der Waals surface area (Å²) in [6.45, 7) is 6.22. The Bertz CT molecular complexity index is 650. The maximum Gasteiger partial charge on any atom is 0.227 e. The van der Waals surface area contributed by atoms with Gasteiger partial charge in [0.25, 0.3) is 0 Å². The molecule has 0 N–H and O–H groups in total. The van der Waals surface area contributed by atoms with Gasteiger partial charge >= 0.3 is 0 Å². The van der Waals surface area contributed by atoms with E-state index in [1.807, 2.05) is 38.1 Å². The van der Waals surface area contributed by atoms with E-state index in [2.05, 4.69) is 0 Å². The molecule has 1 aromatic rings. The van der Waals surface area contributed by atoms with Crippen LogP contribution in [0, 0.1) is 0 Å². The molecule has 0 spiro atoms. The minimum Gasteiger partial charge on any atom is -0.494 e. The second-order valence-corrected chi connectivity index (χ2v) is 8.29. The van der Waals surface area contributed by atoms with E-state index < -0.39 is 10.0 Å². The highest BCUT2D eigenvalue weighted by Crippen LogP contribution is 2.15. The van der Waals surface area contributed by atoms with Crippen LogP contribution in [0.25, 0.3) is 0 Å². The summed E-state index contributed by atoms with van der Waals surface area (Å²) in [5.41, 5.74) is 0.937. The molecule has 1 saturated heterocycles. The number of benzene rings is 1. The van der Waals surface area contributed by atoms with Gasteiger partial charge in [0.1, 0.15) is 5.75 Å². The number of carbonyl (C=O) groups is 1. The van der Waals surface area contributed by atoms with Crippen LogP contribution in [0.3, 0.4) is 0 Å². The van der Waals surface area contributed by atoms with Crippen LogP contribution >= 0.6 is 0 Å². The summed E-state index contributed by atoms with van der Waals surface area (Å²) in [5.74, 6) is 1.03. The highest BCUT2D eigenvalue weighted by molar-refractivity contribution is 7.89. The Morgan fingerprint density at radius 1 is 1.08 bits per heavy atom. The number of amides is 1. The fourth-order valence-corrected chi connectivity index (χ4v) is 4.46. The lowest BCUT2D eigenvalue weighted by Gasteiger charge is -2.34. The van der Waals surface area contributed by atoms with Crippen molar-refractivity contribution in [3.63, 3.8) is 0 Å². The summed E-state index contributed by atoms with van der Waals surface area (Å²) < 4.78 is 31.3. The van der Waals surface area contributed by atoms with Gasteiger partial charge in [-0.2, -0.15) is 4.31 Å². The van der Waals surface area contributed by atoms with Gasteiger partial charge in [-0.15, -0.1) is 0 Å². The highest BCUT2D eigenvalue weighted by atomic mass is 32.2. The average molecular weight is 368 g/mol. The number of rotatable bonds is 8. The molecule has 0 unspecified atom stereocenters. The van der Waals surface area contributed by atoms with Crippen molar-refractivity contribution < 1.29 is 17.9 Å². The van der Waals surface area contributed by atoms with Gasteiger partial charge in [0.2, 0.25) is 15.9 Å². The number of sulfonamides is 1. The van der Waals surface area contributed by atoms with Crippen molar-refractivity contribution in [3.05, 3.63) is 29.8 Å². The molecule has 1 aliphatic rings. The first kappa shape index (κ1) is 19.7. The van der Waals surface area contributed by atoms with Crippen LogP contribution in [0.15, 0.2) is 24.3 Å². The number of ether oxygens (including phenoxy) is 1. The van der Waals surface area contributed by atoms with Crippen molar-refractivity contribution in [2.45, 2.75) is 33.1 Å². The predicted octanol–water partition coefficient (Wildman–Crippen LogP) is 1.90. The molecule has 25 heavy (non-hydrogen) atoms. The first-order valence-corrected chi connectivity index (χ1v) is 10.5. The van der Waals surface area contributed by atoms with Gasteiger partial charge in [0.05, 0.1) is 18.8 Å². The second kappa shape index (κ2) is 9.20. The van der Waals surface area contributed by atoms with Crippen molar-refractivity contribution in [2.24, 2.45) is 0 Å². The first-order chi connectivity index (χ1) is 12.0. The van der Waals surface area contributed by atoms with E-state index >= 15 is 0 Å². The molecule has 1 aromatic carbocycles. The number of hydrogen-bond donors (Lipinski definition) is 0. The molecule has 1 fully saturated rings. The standard InChI is InChI=1S/C18H28N2O4S/c1-3-5-14-25(22,23)20-12-10-19(11-13-20)18(21)15-16-6-8-17(9-7-16)24-4-2/h6-9H,3-5,10-15H2,1-2H3. The monoisotopic (exact) mass is 368 g/mol. The van der Waals surface area contributed by atoms with Crippen molar-refractivity contribution >= 4 is 15.9 Å². The van der Waals surface area contributed by atoms with Crippen molar-refractivity contribution in [2.75, 3.05) is 38.5 Å². The van der Waals surface area contributed by atoms with Gasteiger partial charge in [0, 0.05) is 26.2 Å². The molecule has 0 saturated carbocycles. The van der Waals surface area contributed by atoms with Gasteiger partial charge in [-0.1, -0.05) is 25.5 Å². The topological polar surface area (TPSA) is 66.9 Å². The van der Waals surface area contributed by atoms with Gasteiger partial charge < -0.3 is 9.64 Å². The molecule has 1 heterocycles. The molecular formula is C18H28N2O4S. The Hall–Kier alpha value is -1.60. The van der Waals surface area contributed by atoms with Gasteiger partial charge in [-0.05, 0) is 31.0 Å². The van der Waals surface area contributed by atoms with E-state index in [0.29, 0.717) is 45.6 Å². The van der Waals surface area contributed by atoms with Crippen LogP contribution < -0.4 is 4.74 Å². The Morgan fingerprint density at radius 3 is 2.28 bits per heavy atom. The lowest BCUT2D eigenvalue weighted by molar-refractivity contribution is -0.131. The molecule has 0 aromatic heterocycles. The van der Waals surface area contributed by atoms with Gasteiger partial charge in [-0.25, -0.2) is 8.42 Å². The Morgan fingerprint density at radius 2 is 1.72 bits per heavy atom. The van der Waals surface area contributed by atoms with Crippen LogP contribution in [-0.4, -0.2) is 62.1 Å². The predicted molar refractivity (Wildman–Crippen MR) is 98.2 cm³/mol. The summed E-state index contributed by atoms with van der Waals surface area (Å²) in [6, 6.07) is 7.53. The Labute approximate surface area is 150 Å². The summed E-state index contributed by atoms with van der Waals surface area (Å²) in [6.07, 6.45) is 1.87. The Kier molecular flexibility index (Phi) is 7.25. The third-order valence-corrected chi connectivity index (χ3v) is 6.29. The Balaban J connectivity index is 1.84. The van der Waals surface area contributed by atoms with E-state index in [-0.39, 0.29) is 11.7 Å². The zero-order valence-corrected chi connectivity index (χ0v) is 15.9.